The number of guanidine groups is 1. The first kappa shape index (κ1) is 43.1. The SMILES string of the molecule is CN=C(N)Nc1cc(CC/C=C/C(=O)CCc2ccc(O)c(OC)c2)cc(O[C@]2(CNC)CC[C@H](CCOCNC[C@H](O)CCCc3ccccc3)C2)c1O. The Morgan fingerprint density at radius 1 is 1.05 bits per heavy atom. The molecule has 0 heterocycles. The van der Waals surface area contributed by atoms with E-state index in [0.717, 1.165) is 56.1 Å². The van der Waals surface area contributed by atoms with Crippen molar-refractivity contribution in [3.8, 4) is 23.0 Å². The fraction of sp³-hybridized carbons (Fsp3) is 0.488. The Bertz CT molecular complexity index is 1690. The number of nitrogens with one attached hydrogen (secondary N) is 3. The largest absolute Gasteiger partial charge is 0.504 e. The third kappa shape index (κ3) is 14.5. The first-order valence-corrected chi connectivity index (χ1v) is 19.4. The van der Waals surface area contributed by atoms with Crippen LogP contribution in [0.2, 0.25) is 0 Å². The van der Waals surface area contributed by atoms with E-state index in [9.17, 15) is 20.1 Å². The Balaban J connectivity index is 1.26. The molecular weight excluding hydrogens is 699 g/mol. The molecule has 0 aromatic heterocycles. The molecule has 0 spiro atoms. The summed E-state index contributed by atoms with van der Waals surface area (Å²) in [5.74, 6) is 1.34. The molecule has 1 fully saturated rings. The van der Waals surface area contributed by atoms with Crippen LogP contribution in [0.25, 0.3) is 0 Å². The number of likely N-dealkylation sites (N-methyl/N-ethyl adjacent to an activating group) is 1. The number of aryl methyl sites for hydroxylation is 3. The van der Waals surface area contributed by atoms with Gasteiger partial charge >= 0.3 is 0 Å². The average Bonchev–Trinajstić information content (AvgIpc) is 3.58. The number of aliphatic imine (C=N–C) groups is 1. The number of nitrogens with zero attached hydrogens (tertiary/aromatic N) is 1. The number of carbonyl (C=O) groups is 1. The predicted octanol–water partition coefficient (Wildman–Crippen LogP) is 5.63. The molecule has 8 N–H and O–H groups in total. The molecule has 0 amide bonds. The van der Waals surface area contributed by atoms with Crippen molar-refractivity contribution in [3.05, 3.63) is 89.5 Å². The molecule has 3 aromatic rings. The van der Waals surface area contributed by atoms with Gasteiger partial charge in [-0.2, -0.15) is 0 Å². The second-order valence-corrected chi connectivity index (χ2v) is 14.4. The lowest BCUT2D eigenvalue weighted by Crippen LogP contribution is -2.42. The van der Waals surface area contributed by atoms with Gasteiger partial charge in [0.05, 0.1) is 25.6 Å². The van der Waals surface area contributed by atoms with Gasteiger partial charge in [-0.25, -0.2) is 0 Å². The third-order valence-electron chi connectivity index (χ3n) is 10.0. The Morgan fingerprint density at radius 2 is 1.85 bits per heavy atom. The first-order chi connectivity index (χ1) is 26.6. The molecular formula is C43H61N5O7. The average molecular weight is 760 g/mol. The summed E-state index contributed by atoms with van der Waals surface area (Å²) in [7, 11) is 4.97. The molecule has 300 valence electrons. The molecule has 0 aliphatic heterocycles. The van der Waals surface area contributed by atoms with Crippen molar-refractivity contribution in [1.29, 1.82) is 0 Å². The van der Waals surface area contributed by atoms with E-state index in [0.29, 0.717) is 75.2 Å². The van der Waals surface area contributed by atoms with Crippen molar-refractivity contribution in [3.63, 3.8) is 0 Å². The van der Waals surface area contributed by atoms with Crippen LogP contribution in [0.5, 0.6) is 23.0 Å². The molecule has 1 aliphatic carbocycles. The van der Waals surface area contributed by atoms with Crippen LogP contribution in [0, 0.1) is 5.92 Å². The van der Waals surface area contributed by atoms with E-state index in [1.165, 1.54) is 12.7 Å². The Morgan fingerprint density at radius 3 is 2.62 bits per heavy atom. The standard InChI is InChI=1S/C43H61N5O7/c1-45-29-43(22-20-33(27-43)21-23-54-30-47-28-36(50)15-9-13-31-10-5-4-6-11-31)55-40-26-34(24-37(41(40)52)48-42(44)46-2)12-7-8-14-35(49)18-16-32-17-19-38(51)39(25-32)53-3/h4-6,8,10-11,14,17,19,24-26,33,36,45,47,50-52H,7,9,12-13,15-16,18,20-23,27-30H2,1-3H3,(H3,44,46,48)/b14-8+/t33-,36-,43-/m1/s1. The quantitative estimate of drug-likeness (QED) is 0.0150. The van der Waals surface area contributed by atoms with Gasteiger partial charge in [-0.3, -0.25) is 15.1 Å². The second kappa shape index (κ2) is 22.7. The number of ether oxygens (including phenoxy) is 3. The smallest absolute Gasteiger partial charge is 0.192 e. The summed E-state index contributed by atoms with van der Waals surface area (Å²) in [5.41, 5.74) is 8.97. The van der Waals surface area contributed by atoms with Crippen molar-refractivity contribution in [2.24, 2.45) is 16.6 Å². The van der Waals surface area contributed by atoms with Crippen molar-refractivity contribution in [2.45, 2.75) is 82.3 Å². The molecule has 55 heavy (non-hydrogen) atoms. The minimum Gasteiger partial charge on any atom is -0.504 e. The van der Waals surface area contributed by atoms with Gasteiger partial charge in [-0.1, -0.05) is 42.5 Å². The van der Waals surface area contributed by atoms with E-state index in [4.69, 9.17) is 19.9 Å². The van der Waals surface area contributed by atoms with Crippen LogP contribution in [0.15, 0.2) is 77.8 Å². The number of carbonyl (C=O) groups excluding carboxylic acids is 1. The minimum absolute atomic E-state index is 0.00599. The number of hydrogen-bond donors (Lipinski definition) is 7. The summed E-state index contributed by atoms with van der Waals surface area (Å²) in [4.78, 5) is 16.6. The number of ketones is 1. The van der Waals surface area contributed by atoms with Gasteiger partial charge in [0.1, 0.15) is 5.60 Å². The van der Waals surface area contributed by atoms with E-state index in [-0.39, 0.29) is 23.2 Å². The highest BCUT2D eigenvalue weighted by Gasteiger charge is 2.41. The van der Waals surface area contributed by atoms with Crippen LogP contribution in [-0.2, 0) is 28.8 Å². The topological polar surface area (TPSA) is 180 Å². The van der Waals surface area contributed by atoms with E-state index in [1.54, 1.807) is 31.3 Å². The van der Waals surface area contributed by atoms with Crippen LogP contribution in [0.1, 0.15) is 68.1 Å². The second-order valence-electron chi connectivity index (χ2n) is 14.4. The summed E-state index contributed by atoms with van der Waals surface area (Å²) in [6.45, 7) is 2.10. The zero-order valence-corrected chi connectivity index (χ0v) is 32.7. The van der Waals surface area contributed by atoms with Gasteiger partial charge in [0, 0.05) is 33.2 Å². The number of rotatable bonds is 24. The van der Waals surface area contributed by atoms with Gasteiger partial charge in [-0.15, -0.1) is 0 Å². The van der Waals surface area contributed by atoms with Crippen LogP contribution in [-0.4, -0.2) is 86.4 Å². The third-order valence-corrected chi connectivity index (χ3v) is 10.0. The number of aromatic hydroxyl groups is 2. The highest BCUT2D eigenvalue weighted by Crippen LogP contribution is 2.44. The van der Waals surface area contributed by atoms with Crippen molar-refractivity contribution >= 4 is 17.4 Å². The Hall–Kier alpha value is -4.62. The molecule has 0 saturated heterocycles. The maximum atomic E-state index is 12.6. The molecule has 3 atom stereocenters. The van der Waals surface area contributed by atoms with Crippen molar-refractivity contribution < 1.29 is 34.3 Å². The van der Waals surface area contributed by atoms with E-state index in [1.807, 2.05) is 43.5 Å². The summed E-state index contributed by atoms with van der Waals surface area (Å²) in [6.07, 6.45) is 11.3. The fourth-order valence-electron chi connectivity index (χ4n) is 7.07. The molecule has 0 bridgehead atoms. The number of phenolic OH excluding ortho intramolecular Hbond substituents is 2. The molecule has 3 aromatic carbocycles. The number of nitrogens with two attached hydrogens (primary N) is 1. The number of benzene rings is 3. The van der Waals surface area contributed by atoms with Crippen LogP contribution >= 0.6 is 0 Å². The van der Waals surface area contributed by atoms with Gasteiger partial charge in [0.15, 0.2) is 34.7 Å². The lowest BCUT2D eigenvalue weighted by Gasteiger charge is -2.31. The van der Waals surface area contributed by atoms with Gasteiger partial charge in [0.2, 0.25) is 0 Å². The Kier molecular flexibility index (Phi) is 17.8. The van der Waals surface area contributed by atoms with E-state index < -0.39 is 11.7 Å². The molecule has 4 rings (SSSR count). The number of anilines is 1. The molecule has 0 radical (unpaired) electrons. The zero-order valence-electron chi connectivity index (χ0n) is 32.7. The molecule has 12 nitrogen and oxygen atoms in total. The van der Waals surface area contributed by atoms with E-state index in [2.05, 4.69) is 33.1 Å². The van der Waals surface area contributed by atoms with Crippen LogP contribution in [0.3, 0.4) is 0 Å². The zero-order chi connectivity index (χ0) is 39.5. The minimum atomic E-state index is -0.521. The number of aliphatic hydroxyl groups excluding tert-OH is 1. The number of methoxy groups -OCH3 is 1. The van der Waals surface area contributed by atoms with E-state index >= 15 is 0 Å². The normalized spacial score (nSPS) is 17.7. The highest BCUT2D eigenvalue weighted by molar-refractivity contribution is 5.94. The van der Waals surface area contributed by atoms with Gasteiger partial charge in [0.25, 0.3) is 0 Å². The Labute approximate surface area is 326 Å². The van der Waals surface area contributed by atoms with Crippen LogP contribution < -0.4 is 31.2 Å². The van der Waals surface area contributed by atoms with Crippen molar-refractivity contribution in [2.75, 3.05) is 52.9 Å². The number of phenols is 2. The first-order valence-electron chi connectivity index (χ1n) is 19.4. The summed E-state index contributed by atoms with van der Waals surface area (Å²) in [5, 5.41) is 41.0. The van der Waals surface area contributed by atoms with Crippen LogP contribution in [0.4, 0.5) is 5.69 Å². The van der Waals surface area contributed by atoms with Crippen molar-refractivity contribution in [1.82, 2.24) is 10.6 Å². The summed E-state index contributed by atoms with van der Waals surface area (Å²) >= 11 is 0. The summed E-state index contributed by atoms with van der Waals surface area (Å²) in [6, 6.07) is 19.1. The van der Waals surface area contributed by atoms with Gasteiger partial charge in [-0.05, 0) is 124 Å². The molecule has 12 heteroatoms. The number of aliphatic hydroxyl groups is 1. The fourth-order valence-corrected chi connectivity index (χ4v) is 7.07. The number of hydrogen-bond acceptors (Lipinski definition) is 10. The molecule has 1 saturated carbocycles. The molecule has 1 aliphatic rings. The number of allylic oxidation sites excluding steroid dienone is 2. The highest BCUT2D eigenvalue weighted by atomic mass is 16.5. The monoisotopic (exact) mass is 759 g/mol. The predicted molar refractivity (Wildman–Crippen MR) is 218 cm³/mol. The molecule has 0 unspecified atom stereocenters. The summed E-state index contributed by atoms with van der Waals surface area (Å²) < 4.78 is 17.8. The lowest BCUT2D eigenvalue weighted by atomic mass is 9.97. The maximum Gasteiger partial charge on any atom is 0.192 e. The van der Waals surface area contributed by atoms with Gasteiger partial charge < -0.3 is 45.9 Å². The lowest BCUT2D eigenvalue weighted by molar-refractivity contribution is -0.114. The maximum absolute atomic E-state index is 12.6.